The van der Waals surface area contributed by atoms with Gasteiger partial charge < -0.3 is 14.8 Å². The maximum Gasteiger partial charge on any atom is 0.344 e. The minimum Gasteiger partial charge on any atom is -0.482 e. The lowest BCUT2D eigenvalue weighted by Crippen LogP contribution is -2.31. The Morgan fingerprint density at radius 3 is 2.65 bits per heavy atom. The van der Waals surface area contributed by atoms with Gasteiger partial charge in [0.05, 0.1) is 4.92 Å². The molecule has 0 saturated heterocycles. The number of amides is 1. The maximum absolute atomic E-state index is 13.0. The van der Waals surface area contributed by atoms with Gasteiger partial charge in [-0.1, -0.05) is 18.2 Å². The molecule has 2 aromatic carbocycles. The van der Waals surface area contributed by atoms with Gasteiger partial charge in [0.15, 0.2) is 12.7 Å². The van der Waals surface area contributed by atoms with E-state index < -0.39 is 35.3 Å². The summed E-state index contributed by atoms with van der Waals surface area (Å²) in [5.41, 5.74) is -0.296. The number of hydrogen-bond acceptors (Lipinski definition) is 6. The number of carbonyl (C=O) groups excluding carboxylic acids is 2. The average molecular weight is 362 g/mol. The number of nitro benzene ring substituents is 1. The van der Waals surface area contributed by atoms with Gasteiger partial charge in [-0.15, -0.1) is 0 Å². The first-order valence-corrected chi connectivity index (χ1v) is 7.49. The van der Waals surface area contributed by atoms with Crippen LogP contribution in [-0.4, -0.2) is 29.5 Å². The first kappa shape index (κ1) is 18.8. The Hall–Kier alpha value is -3.49. The van der Waals surface area contributed by atoms with Crippen LogP contribution in [0.2, 0.25) is 0 Å². The first-order valence-electron chi connectivity index (χ1n) is 7.49. The SMILES string of the molecule is C[C@H](OC(=O)COc1cccc(F)c1)C(=O)Nc1ccccc1[N+](=O)[O-]. The summed E-state index contributed by atoms with van der Waals surface area (Å²) in [5.74, 6) is -1.97. The molecule has 1 atom stereocenters. The maximum atomic E-state index is 13.0. The van der Waals surface area contributed by atoms with Crippen molar-refractivity contribution in [2.24, 2.45) is 0 Å². The van der Waals surface area contributed by atoms with Crippen molar-refractivity contribution in [3.8, 4) is 5.75 Å². The van der Waals surface area contributed by atoms with Crippen LogP contribution in [0.5, 0.6) is 5.75 Å². The second-order valence-electron chi connectivity index (χ2n) is 5.14. The first-order chi connectivity index (χ1) is 12.4. The lowest BCUT2D eigenvalue weighted by molar-refractivity contribution is -0.383. The van der Waals surface area contributed by atoms with Gasteiger partial charge in [0.1, 0.15) is 17.3 Å². The van der Waals surface area contributed by atoms with E-state index in [0.717, 1.165) is 6.07 Å². The number of halogens is 1. The number of ether oxygens (including phenoxy) is 2. The third kappa shape index (κ3) is 5.26. The Morgan fingerprint density at radius 2 is 1.96 bits per heavy atom. The predicted molar refractivity (Wildman–Crippen MR) is 89.2 cm³/mol. The van der Waals surface area contributed by atoms with E-state index >= 15 is 0 Å². The molecule has 8 nitrogen and oxygen atoms in total. The molecule has 0 heterocycles. The average Bonchev–Trinajstić information content (AvgIpc) is 2.60. The zero-order chi connectivity index (χ0) is 19.1. The number of hydrogen-bond donors (Lipinski definition) is 1. The summed E-state index contributed by atoms with van der Waals surface area (Å²) in [6.07, 6.45) is -1.21. The molecule has 9 heteroatoms. The molecule has 1 N–H and O–H groups in total. The van der Waals surface area contributed by atoms with Crippen molar-refractivity contribution in [2.45, 2.75) is 13.0 Å². The second kappa shape index (κ2) is 8.56. The highest BCUT2D eigenvalue weighted by atomic mass is 19.1. The van der Waals surface area contributed by atoms with Crippen LogP contribution in [0.15, 0.2) is 48.5 Å². The quantitative estimate of drug-likeness (QED) is 0.461. The molecule has 0 spiro atoms. The van der Waals surface area contributed by atoms with E-state index in [-0.39, 0.29) is 17.1 Å². The van der Waals surface area contributed by atoms with E-state index in [0.29, 0.717) is 0 Å². The van der Waals surface area contributed by atoms with E-state index in [1.54, 1.807) is 0 Å². The lowest BCUT2D eigenvalue weighted by Gasteiger charge is -2.14. The van der Waals surface area contributed by atoms with Gasteiger partial charge in [-0.2, -0.15) is 0 Å². The highest BCUT2D eigenvalue weighted by molar-refractivity contribution is 5.96. The monoisotopic (exact) mass is 362 g/mol. The molecule has 1 amide bonds. The van der Waals surface area contributed by atoms with Crippen molar-refractivity contribution in [1.82, 2.24) is 0 Å². The summed E-state index contributed by atoms with van der Waals surface area (Å²) < 4.78 is 23.0. The van der Waals surface area contributed by atoms with Crippen LogP contribution >= 0.6 is 0 Å². The number of nitrogens with one attached hydrogen (secondary N) is 1. The smallest absolute Gasteiger partial charge is 0.344 e. The Morgan fingerprint density at radius 1 is 1.23 bits per heavy atom. The van der Waals surface area contributed by atoms with Gasteiger partial charge in [0.2, 0.25) is 0 Å². The van der Waals surface area contributed by atoms with Crippen molar-refractivity contribution >= 4 is 23.3 Å². The molecule has 0 aliphatic heterocycles. The molecule has 0 aliphatic carbocycles. The molecule has 2 aromatic rings. The van der Waals surface area contributed by atoms with Gasteiger partial charge in [-0.25, -0.2) is 9.18 Å². The van der Waals surface area contributed by atoms with E-state index in [2.05, 4.69) is 5.32 Å². The molecule has 0 fully saturated rings. The Labute approximate surface area is 147 Å². The normalized spacial score (nSPS) is 11.3. The molecule has 0 saturated carbocycles. The topological polar surface area (TPSA) is 108 Å². The fraction of sp³-hybridized carbons (Fsp3) is 0.176. The minimum atomic E-state index is -1.21. The highest BCUT2D eigenvalue weighted by Crippen LogP contribution is 2.23. The number of anilines is 1. The van der Waals surface area contributed by atoms with Gasteiger partial charge in [0, 0.05) is 12.1 Å². The number of benzene rings is 2. The Kier molecular flexibility index (Phi) is 6.20. The van der Waals surface area contributed by atoms with Crippen molar-refractivity contribution in [2.75, 3.05) is 11.9 Å². The lowest BCUT2D eigenvalue weighted by atomic mass is 10.2. The third-order valence-corrected chi connectivity index (χ3v) is 3.19. The molecule has 2 rings (SSSR count). The van der Waals surface area contributed by atoms with E-state index in [9.17, 15) is 24.1 Å². The Balaban J connectivity index is 1.88. The van der Waals surface area contributed by atoms with E-state index in [1.807, 2.05) is 0 Å². The van der Waals surface area contributed by atoms with Gasteiger partial charge in [0.25, 0.3) is 11.6 Å². The van der Waals surface area contributed by atoms with E-state index in [4.69, 9.17) is 9.47 Å². The van der Waals surface area contributed by atoms with Crippen LogP contribution in [0.3, 0.4) is 0 Å². The number of carbonyl (C=O) groups is 2. The van der Waals surface area contributed by atoms with Crippen molar-refractivity contribution < 1.29 is 28.4 Å². The summed E-state index contributed by atoms with van der Waals surface area (Å²) in [7, 11) is 0. The van der Waals surface area contributed by atoms with Gasteiger partial charge >= 0.3 is 5.97 Å². The predicted octanol–water partition coefficient (Wildman–Crippen LogP) is 2.68. The van der Waals surface area contributed by atoms with Crippen LogP contribution in [0.25, 0.3) is 0 Å². The second-order valence-corrected chi connectivity index (χ2v) is 5.14. The summed E-state index contributed by atoms with van der Waals surface area (Å²) in [6.45, 7) is 0.788. The fourth-order valence-electron chi connectivity index (χ4n) is 1.96. The molecule has 0 bridgehead atoms. The Bertz CT molecular complexity index is 826. The molecule has 136 valence electrons. The van der Waals surface area contributed by atoms with Crippen LogP contribution < -0.4 is 10.1 Å². The molecular formula is C17H15FN2O6. The molecule has 0 unspecified atom stereocenters. The summed E-state index contributed by atoms with van der Waals surface area (Å²) >= 11 is 0. The van der Waals surface area contributed by atoms with Crippen LogP contribution in [0, 0.1) is 15.9 Å². The third-order valence-electron chi connectivity index (χ3n) is 3.19. The molecule has 0 aliphatic rings. The van der Waals surface area contributed by atoms with Crippen LogP contribution in [-0.2, 0) is 14.3 Å². The zero-order valence-corrected chi connectivity index (χ0v) is 13.7. The number of para-hydroxylation sites is 2. The molecule has 0 aromatic heterocycles. The highest BCUT2D eigenvalue weighted by Gasteiger charge is 2.21. The number of esters is 1. The van der Waals surface area contributed by atoms with Crippen LogP contribution in [0.1, 0.15) is 6.92 Å². The van der Waals surface area contributed by atoms with E-state index in [1.165, 1.54) is 49.4 Å². The summed E-state index contributed by atoms with van der Waals surface area (Å²) in [4.78, 5) is 34.0. The molecule has 26 heavy (non-hydrogen) atoms. The van der Waals surface area contributed by atoms with Gasteiger partial charge in [-0.3, -0.25) is 14.9 Å². The number of nitro groups is 1. The minimum absolute atomic E-state index is 0.0126. The largest absolute Gasteiger partial charge is 0.482 e. The van der Waals surface area contributed by atoms with Gasteiger partial charge in [-0.05, 0) is 25.1 Å². The standard InChI is InChI=1S/C17H15FN2O6/c1-11(17(22)19-14-7-2-3-8-15(14)20(23)24)26-16(21)10-25-13-6-4-5-12(18)9-13/h2-9,11H,10H2,1H3,(H,19,22)/t11-/m0/s1. The zero-order valence-electron chi connectivity index (χ0n) is 13.7. The summed E-state index contributed by atoms with van der Waals surface area (Å²) in [5, 5.41) is 13.3. The van der Waals surface area contributed by atoms with Crippen molar-refractivity contribution in [3.05, 3.63) is 64.5 Å². The van der Waals surface area contributed by atoms with Crippen LogP contribution in [0.4, 0.5) is 15.8 Å². The van der Waals surface area contributed by atoms with Crippen molar-refractivity contribution in [3.63, 3.8) is 0 Å². The fourth-order valence-corrected chi connectivity index (χ4v) is 1.96. The molecule has 0 radical (unpaired) electrons. The summed E-state index contributed by atoms with van der Waals surface area (Å²) in [6, 6.07) is 10.8. The van der Waals surface area contributed by atoms with Crippen molar-refractivity contribution in [1.29, 1.82) is 0 Å². The number of rotatable bonds is 7. The molecular weight excluding hydrogens is 347 g/mol. The number of nitrogens with zero attached hydrogens (tertiary/aromatic N) is 1.